The Morgan fingerprint density at radius 2 is 1.82 bits per heavy atom. The van der Waals surface area contributed by atoms with Crippen molar-refractivity contribution in [2.24, 2.45) is 5.10 Å². The maximum atomic E-state index is 12.5. The van der Waals surface area contributed by atoms with E-state index in [-0.39, 0.29) is 0 Å². The number of ether oxygens (including phenoxy) is 1. The van der Waals surface area contributed by atoms with Crippen molar-refractivity contribution in [3.8, 4) is 11.4 Å². The van der Waals surface area contributed by atoms with Crippen molar-refractivity contribution in [2.45, 2.75) is 13.8 Å². The lowest BCUT2D eigenvalue weighted by Crippen LogP contribution is -2.39. The molecule has 0 aliphatic rings. The van der Waals surface area contributed by atoms with Crippen molar-refractivity contribution in [1.29, 1.82) is 0 Å². The lowest BCUT2D eigenvalue weighted by Gasteiger charge is -2.21. The Bertz CT molecular complexity index is 1340. The van der Waals surface area contributed by atoms with E-state index < -0.39 is 22.5 Å². The molecule has 8 nitrogen and oxygen atoms in total. The van der Waals surface area contributed by atoms with Crippen molar-refractivity contribution < 1.29 is 17.9 Å². The van der Waals surface area contributed by atoms with Crippen molar-refractivity contribution in [3.05, 3.63) is 75.5 Å². The summed E-state index contributed by atoms with van der Waals surface area (Å²) in [6.07, 6.45) is 2.53. The van der Waals surface area contributed by atoms with Gasteiger partial charge in [-0.15, -0.1) is 0 Å². The first-order valence-corrected chi connectivity index (χ1v) is 12.7. The zero-order chi connectivity index (χ0) is 25.0. The second-order valence-electron chi connectivity index (χ2n) is 7.52. The van der Waals surface area contributed by atoms with Gasteiger partial charge in [0.1, 0.15) is 12.3 Å². The van der Waals surface area contributed by atoms with E-state index in [2.05, 4.69) is 10.5 Å². The number of benzene rings is 2. The van der Waals surface area contributed by atoms with Crippen LogP contribution < -0.4 is 14.5 Å². The first-order chi connectivity index (χ1) is 16.0. The molecule has 11 heteroatoms. The molecule has 0 spiro atoms. The van der Waals surface area contributed by atoms with Crippen LogP contribution in [0.25, 0.3) is 5.69 Å². The normalized spacial score (nSPS) is 11.6. The minimum absolute atomic E-state index is 0.339. The van der Waals surface area contributed by atoms with Gasteiger partial charge in [-0.3, -0.25) is 9.10 Å². The van der Waals surface area contributed by atoms with E-state index in [1.54, 1.807) is 36.4 Å². The molecule has 3 aromatic rings. The Morgan fingerprint density at radius 1 is 1.15 bits per heavy atom. The fourth-order valence-electron chi connectivity index (χ4n) is 3.44. The third-order valence-corrected chi connectivity index (χ3v) is 6.74. The number of carbonyl (C=O) groups excluding carboxylic acids is 1. The summed E-state index contributed by atoms with van der Waals surface area (Å²) in [4.78, 5) is 12.5. The van der Waals surface area contributed by atoms with Crippen LogP contribution in [0.15, 0.2) is 53.6 Å². The zero-order valence-corrected chi connectivity index (χ0v) is 21.4. The van der Waals surface area contributed by atoms with Gasteiger partial charge in [0, 0.05) is 22.0 Å². The van der Waals surface area contributed by atoms with Crippen LogP contribution in [0, 0.1) is 13.8 Å². The SMILES string of the molecule is COc1ccc(N(CC(=O)N/N=C/c2cc(C)n(-c3ccc(Cl)cc3Cl)c2C)S(C)(=O)=O)cc1. The molecule has 0 fully saturated rings. The summed E-state index contributed by atoms with van der Waals surface area (Å²) in [5, 5.41) is 5.06. The molecule has 0 aliphatic heterocycles. The monoisotopic (exact) mass is 522 g/mol. The molecule has 180 valence electrons. The van der Waals surface area contributed by atoms with Crippen LogP contribution in [0.2, 0.25) is 10.0 Å². The van der Waals surface area contributed by atoms with Crippen LogP contribution in [-0.2, 0) is 14.8 Å². The summed E-state index contributed by atoms with van der Waals surface area (Å²) in [5.74, 6) is -0.0178. The van der Waals surface area contributed by atoms with Gasteiger partial charge in [-0.25, -0.2) is 13.8 Å². The van der Waals surface area contributed by atoms with Crippen molar-refractivity contribution in [1.82, 2.24) is 9.99 Å². The molecule has 1 aromatic heterocycles. The first kappa shape index (κ1) is 25.6. The number of nitrogens with zero attached hydrogens (tertiary/aromatic N) is 3. The number of hydrogen-bond acceptors (Lipinski definition) is 5. The first-order valence-electron chi connectivity index (χ1n) is 10.1. The van der Waals surface area contributed by atoms with Crippen molar-refractivity contribution in [3.63, 3.8) is 0 Å². The lowest BCUT2D eigenvalue weighted by atomic mass is 10.2. The Hall–Kier alpha value is -3.01. The molecule has 0 atom stereocenters. The number of anilines is 1. The van der Waals surface area contributed by atoms with Crippen molar-refractivity contribution >= 4 is 51.0 Å². The largest absolute Gasteiger partial charge is 0.497 e. The van der Waals surface area contributed by atoms with E-state index in [0.29, 0.717) is 21.5 Å². The number of aromatic nitrogens is 1. The maximum absolute atomic E-state index is 12.5. The summed E-state index contributed by atoms with van der Waals surface area (Å²) in [6.45, 7) is 3.39. The number of methoxy groups -OCH3 is 1. The van der Waals surface area contributed by atoms with Crippen LogP contribution >= 0.6 is 23.2 Å². The highest BCUT2D eigenvalue weighted by Crippen LogP contribution is 2.28. The lowest BCUT2D eigenvalue weighted by molar-refractivity contribution is -0.119. The summed E-state index contributed by atoms with van der Waals surface area (Å²) in [5.41, 5.74) is 6.03. The van der Waals surface area contributed by atoms with Gasteiger partial charge in [-0.05, 0) is 62.4 Å². The number of aryl methyl sites for hydroxylation is 1. The van der Waals surface area contributed by atoms with Crippen LogP contribution in [0.1, 0.15) is 17.0 Å². The van der Waals surface area contributed by atoms with E-state index in [1.165, 1.54) is 13.3 Å². The van der Waals surface area contributed by atoms with Crippen LogP contribution in [0.5, 0.6) is 5.75 Å². The molecule has 1 amide bonds. The van der Waals surface area contributed by atoms with E-state index in [9.17, 15) is 13.2 Å². The number of nitrogens with one attached hydrogen (secondary N) is 1. The van der Waals surface area contributed by atoms with Gasteiger partial charge in [0.05, 0.1) is 36.0 Å². The van der Waals surface area contributed by atoms with Crippen molar-refractivity contribution in [2.75, 3.05) is 24.2 Å². The molecule has 0 bridgehead atoms. The Labute approximate surface area is 208 Å². The van der Waals surface area contributed by atoms with Gasteiger partial charge in [0.2, 0.25) is 10.0 Å². The average Bonchev–Trinajstić information content (AvgIpc) is 3.04. The van der Waals surface area contributed by atoms with Gasteiger partial charge in [-0.2, -0.15) is 5.10 Å². The summed E-state index contributed by atoms with van der Waals surface area (Å²) >= 11 is 12.4. The van der Waals surface area contributed by atoms with E-state index in [4.69, 9.17) is 27.9 Å². The molecular formula is C23H24Cl2N4O4S. The number of hydrogen-bond donors (Lipinski definition) is 1. The highest BCUT2D eigenvalue weighted by atomic mass is 35.5. The van der Waals surface area contributed by atoms with E-state index >= 15 is 0 Å². The Kier molecular flexibility index (Phi) is 7.91. The van der Waals surface area contributed by atoms with Crippen LogP contribution in [0.3, 0.4) is 0 Å². The molecule has 0 saturated heterocycles. The minimum Gasteiger partial charge on any atom is -0.497 e. The smallest absolute Gasteiger partial charge is 0.260 e. The fourth-order valence-corrected chi connectivity index (χ4v) is 4.79. The zero-order valence-electron chi connectivity index (χ0n) is 19.0. The summed E-state index contributed by atoms with van der Waals surface area (Å²) in [7, 11) is -2.19. The van der Waals surface area contributed by atoms with Gasteiger partial charge in [0.25, 0.3) is 5.91 Å². The predicted octanol–water partition coefficient (Wildman–Crippen LogP) is 4.33. The van der Waals surface area contributed by atoms with Gasteiger partial charge in [-0.1, -0.05) is 23.2 Å². The topological polar surface area (TPSA) is 93.0 Å². The molecular weight excluding hydrogens is 499 g/mol. The standard InChI is InChI=1S/C23H24Cl2N4O4S/c1-15-11-17(16(2)29(15)22-10-5-18(24)12-21(22)25)13-26-27-23(30)14-28(34(4,31)32)19-6-8-20(33-3)9-7-19/h5-13H,14H2,1-4H3,(H,27,30)/b26-13+. The number of carbonyl (C=O) groups is 1. The van der Waals surface area contributed by atoms with E-state index in [1.807, 2.05) is 30.5 Å². The molecule has 34 heavy (non-hydrogen) atoms. The molecule has 0 radical (unpaired) electrons. The molecule has 0 unspecified atom stereocenters. The fraction of sp³-hybridized carbons (Fsp3) is 0.217. The molecule has 1 heterocycles. The third kappa shape index (κ3) is 5.91. The number of sulfonamides is 1. The molecule has 0 saturated carbocycles. The second-order valence-corrected chi connectivity index (χ2v) is 10.3. The number of rotatable bonds is 8. The van der Waals surface area contributed by atoms with Gasteiger partial charge >= 0.3 is 0 Å². The van der Waals surface area contributed by atoms with Crippen LogP contribution in [0.4, 0.5) is 5.69 Å². The number of amides is 1. The van der Waals surface area contributed by atoms with Gasteiger partial charge < -0.3 is 9.30 Å². The summed E-state index contributed by atoms with van der Waals surface area (Å²) < 4.78 is 32.5. The molecule has 3 rings (SSSR count). The molecule has 0 aliphatic carbocycles. The Morgan fingerprint density at radius 3 is 2.41 bits per heavy atom. The average molecular weight is 523 g/mol. The van der Waals surface area contributed by atoms with Crippen LogP contribution in [-0.4, -0.2) is 45.0 Å². The number of hydrazone groups is 1. The Balaban J connectivity index is 1.75. The summed E-state index contributed by atoms with van der Waals surface area (Å²) in [6, 6.07) is 13.5. The second kappa shape index (κ2) is 10.5. The van der Waals surface area contributed by atoms with E-state index in [0.717, 1.165) is 33.2 Å². The quantitative estimate of drug-likeness (QED) is 0.352. The highest BCUT2D eigenvalue weighted by Gasteiger charge is 2.21. The predicted molar refractivity (Wildman–Crippen MR) is 136 cm³/mol. The minimum atomic E-state index is -3.70. The highest BCUT2D eigenvalue weighted by molar-refractivity contribution is 7.92. The van der Waals surface area contributed by atoms with Gasteiger partial charge in [0.15, 0.2) is 0 Å². The molecule has 2 aromatic carbocycles. The maximum Gasteiger partial charge on any atom is 0.260 e. The third-order valence-electron chi connectivity index (χ3n) is 5.06. The number of halogens is 2. The molecule has 1 N–H and O–H groups in total.